The van der Waals surface area contributed by atoms with Crippen LogP contribution >= 0.6 is 0 Å². The first-order valence-electron chi connectivity index (χ1n) is 8.32. The number of aromatic nitrogens is 2. The molecule has 136 valence electrons. The van der Waals surface area contributed by atoms with Gasteiger partial charge in [0.05, 0.1) is 0 Å². The molecule has 2 aromatic carbocycles. The Labute approximate surface area is 157 Å². The third kappa shape index (κ3) is 4.66. The molecule has 0 spiro atoms. The molecule has 7 heteroatoms. The summed E-state index contributed by atoms with van der Waals surface area (Å²) in [7, 11) is 3.63. The molecule has 7 nitrogen and oxygen atoms in total. The van der Waals surface area contributed by atoms with E-state index in [1.807, 2.05) is 26.2 Å². The molecule has 1 aromatic heterocycles. The maximum Gasteiger partial charge on any atom is 0.258 e. The topological polar surface area (TPSA) is 87.2 Å². The van der Waals surface area contributed by atoms with Crippen LogP contribution in [0, 0.1) is 0 Å². The highest BCUT2D eigenvalue weighted by Crippen LogP contribution is 2.18. The lowest BCUT2D eigenvalue weighted by molar-refractivity contribution is 0.101. The molecule has 0 fully saturated rings. The van der Waals surface area contributed by atoms with Gasteiger partial charge in [0.1, 0.15) is 11.6 Å². The van der Waals surface area contributed by atoms with Crippen LogP contribution in [0.25, 0.3) is 0 Å². The largest absolute Gasteiger partial charge is 0.363 e. The van der Waals surface area contributed by atoms with Crippen molar-refractivity contribution in [1.82, 2.24) is 9.97 Å². The third-order valence-corrected chi connectivity index (χ3v) is 3.71. The molecule has 3 rings (SSSR count). The maximum absolute atomic E-state index is 12.4. The van der Waals surface area contributed by atoms with Crippen molar-refractivity contribution in [2.45, 2.75) is 0 Å². The minimum Gasteiger partial charge on any atom is -0.363 e. The minimum atomic E-state index is -0.327. The van der Waals surface area contributed by atoms with E-state index in [9.17, 15) is 9.59 Å². The molecule has 2 amide bonds. The lowest BCUT2D eigenvalue weighted by Gasteiger charge is -2.15. The number of nitrogens with zero attached hydrogens (tertiary/aromatic N) is 3. The monoisotopic (exact) mass is 361 g/mol. The van der Waals surface area contributed by atoms with Gasteiger partial charge >= 0.3 is 0 Å². The van der Waals surface area contributed by atoms with Gasteiger partial charge in [-0.2, -0.15) is 9.97 Å². The van der Waals surface area contributed by atoms with Crippen molar-refractivity contribution in [2.75, 3.05) is 29.6 Å². The number of anilines is 3. The SMILES string of the molecule is CN(C)c1cc(NC(=O)c2ccccc2)nc(NC(=O)c2ccccc2)n1. The summed E-state index contributed by atoms with van der Waals surface area (Å²) in [4.78, 5) is 35.1. The fourth-order valence-electron chi connectivity index (χ4n) is 2.32. The Bertz CT molecular complexity index is 871. The molecule has 3 aromatic rings. The summed E-state index contributed by atoms with van der Waals surface area (Å²) in [6, 6.07) is 19.2. The van der Waals surface area contributed by atoms with Gasteiger partial charge in [0.15, 0.2) is 0 Å². The zero-order chi connectivity index (χ0) is 19.2. The van der Waals surface area contributed by atoms with Gasteiger partial charge in [0, 0.05) is 31.3 Å². The van der Waals surface area contributed by atoms with Gasteiger partial charge in [-0.1, -0.05) is 36.4 Å². The molecule has 27 heavy (non-hydrogen) atoms. The van der Waals surface area contributed by atoms with Gasteiger partial charge in [-0.05, 0) is 24.3 Å². The Hall–Kier alpha value is -3.74. The van der Waals surface area contributed by atoms with E-state index < -0.39 is 0 Å². The standard InChI is InChI=1S/C20H19N5O2/c1-25(2)17-13-16(21-18(26)14-9-5-3-6-10-14)22-20(23-17)24-19(27)15-11-7-4-8-12-15/h3-13H,1-2H3,(H2,21,22,23,24,26,27). The highest BCUT2D eigenvalue weighted by atomic mass is 16.2. The summed E-state index contributed by atoms with van der Waals surface area (Å²) in [6.45, 7) is 0. The molecule has 0 aliphatic rings. The van der Waals surface area contributed by atoms with Crippen LogP contribution in [0.4, 0.5) is 17.6 Å². The number of carbonyl (C=O) groups excluding carboxylic acids is 2. The van der Waals surface area contributed by atoms with Gasteiger partial charge in [-0.15, -0.1) is 0 Å². The van der Waals surface area contributed by atoms with E-state index in [1.54, 1.807) is 59.5 Å². The summed E-state index contributed by atoms with van der Waals surface area (Å²) >= 11 is 0. The second kappa shape index (κ2) is 8.09. The van der Waals surface area contributed by atoms with Crippen molar-refractivity contribution in [1.29, 1.82) is 0 Å². The average Bonchev–Trinajstić information content (AvgIpc) is 2.69. The van der Waals surface area contributed by atoms with Crippen LogP contribution in [-0.4, -0.2) is 35.9 Å². The van der Waals surface area contributed by atoms with E-state index in [-0.39, 0.29) is 17.8 Å². The fraction of sp³-hybridized carbons (Fsp3) is 0.100. The molecule has 1 heterocycles. The Morgan fingerprint density at radius 1 is 0.778 bits per heavy atom. The summed E-state index contributed by atoms with van der Waals surface area (Å²) in [5, 5.41) is 5.41. The van der Waals surface area contributed by atoms with Gasteiger partial charge in [-0.25, -0.2) is 0 Å². The van der Waals surface area contributed by atoms with Crippen LogP contribution in [0.15, 0.2) is 66.7 Å². The fourth-order valence-corrected chi connectivity index (χ4v) is 2.32. The summed E-state index contributed by atoms with van der Waals surface area (Å²) in [5.41, 5.74) is 1.00. The molecular formula is C20H19N5O2. The Balaban J connectivity index is 1.84. The van der Waals surface area contributed by atoms with Crippen LogP contribution in [0.2, 0.25) is 0 Å². The maximum atomic E-state index is 12.4. The second-order valence-electron chi connectivity index (χ2n) is 5.97. The highest BCUT2D eigenvalue weighted by molar-refractivity contribution is 6.05. The van der Waals surface area contributed by atoms with Crippen LogP contribution in [0.1, 0.15) is 20.7 Å². The number of amides is 2. The van der Waals surface area contributed by atoms with Gasteiger partial charge in [0.2, 0.25) is 5.95 Å². The number of rotatable bonds is 5. The van der Waals surface area contributed by atoms with E-state index in [4.69, 9.17) is 0 Å². The summed E-state index contributed by atoms with van der Waals surface area (Å²) in [6.07, 6.45) is 0. The minimum absolute atomic E-state index is 0.110. The third-order valence-electron chi connectivity index (χ3n) is 3.71. The lowest BCUT2D eigenvalue weighted by atomic mass is 10.2. The molecule has 2 N–H and O–H groups in total. The molecule has 0 bridgehead atoms. The van der Waals surface area contributed by atoms with E-state index in [0.717, 1.165) is 0 Å². The van der Waals surface area contributed by atoms with Crippen molar-refractivity contribution in [3.63, 3.8) is 0 Å². The molecule has 0 saturated carbocycles. The molecular weight excluding hydrogens is 342 g/mol. The average molecular weight is 361 g/mol. The molecule has 0 radical (unpaired) electrons. The van der Waals surface area contributed by atoms with Crippen molar-refractivity contribution >= 4 is 29.4 Å². The van der Waals surface area contributed by atoms with Crippen LogP contribution in [-0.2, 0) is 0 Å². The van der Waals surface area contributed by atoms with Crippen LogP contribution < -0.4 is 15.5 Å². The second-order valence-corrected chi connectivity index (χ2v) is 5.97. The number of hydrogen-bond donors (Lipinski definition) is 2. The van der Waals surface area contributed by atoms with Gasteiger partial charge < -0.3 is 10.2 Å². The van der Waals surface area contributed by atoms with Crippen LogP contribution in [0.3, 0.4) is 0 Å². The first-order valence-corrected chi connectivity index (χ1v) is 8.32. The predicted octanol–water partition coefficient (Wildman–Crippen LogP) is 3.05. The Morgan fingerprint density at radius 3 is 1.81 bits per heavy atom. The predicted molar refractivity (Wildman–Crippen MR) is 105 cm³/mol. The van der Waals surface area contributed by atoms with Crippen molar-refractivity contribution < 1.29 is 9.59 Å². The van der Waals surface area contributed by atoms with Crippen molar-refractivity contribution in [3.05, 3.63) is 77.9 Å². The van der Waals surface area contributed by atoms with Gasteiger partial charge in [0.25, 0.3) is 11.8 Å². The van der Waals surface area contributed by atoms with E-state index in [1.165, 1.54) is 0 Å². The molecule has 0 aliphatic heterocycles. The zero-order valence-corrected chi connectivity index (χ0v) is 15.0. The molecule has 0 saturated heterocycles. The highest BCUT2D eigenvalue weighted by Gasteiger charge is 2.13. The zero-order valence-electron chi connectivity index (χ0n) is 15.0. The van der Waals surface area contributed by atoms with Crippen molar-refractivity contribution in [3.8, 4) is 0 Å². The van der Waals surface area contributed by atoms with E-state index >= 15 is 0 Å². The summed E-state index contributed by atoms with van der Waals surface area (Å²) in [5.74, 6) is 0.340. The first-order chi connectivity index (χ1) is 13.0. The molecule has 0 atom stereocenters. The normalized spacial score (nSPS) is 10.1. The van der Waals surface area contributed by atoms with Crippen LogP contribution in [0.5, 0.6) is 0 Å². The molecule has 0 aliphatic carbocycles. The first kappa shape index (κ1) is 18.1. The summed E-state index contributed by atoms with van der Waals surface area (Å²) < 4.78 is 0. The smallest absolute Gasteiger partial charge is 0.258 e. The molecule has 0 unspecified atom stereocenters. The number of hydrogen-bond acceptors (Lipinski definition) is 5. The van der Waals surface area contributed by atoms with Gasteiger partial charge in [-0.3, -0.25) is 14.9 Å². The lowest BCUT2D eigenvalue weighted by Crippen LogP contribution is -2.19. The number of benzene rings is 2. The number of carbonyl (C=O) groups is 2. The number of nitrogens with one attached hydrogen (secondary N) is 2. The van der Waals surface area contributed by atoms with E-state index in [2.05, 4.69) is 20.6 Å². The van der Waals surface area contributed by atoms with E-state index in [0.29, 0.717) is 22.8 Å². The Morgan fingerprint density at radius 2 is 1.30 bits per heavy atom. The van der Waals surface area contributed by atoms with Crippen molar-refractivity contribution in [2.24, 2.45) is 0 Å². The Kier molecular flexibility index (Phi) is 5.41. The quantitative estimate of drug-likeness (QED) is 0.729.